The summed E-state index contributed by atoms with van der Waals surface area (Å²) in [7, 11) is 0. The summed E-state index contributed by atoms with van der Waals surface area (Å²) in [6, 6.07) is 3.24. The number of carbonyl (C=O) groups excluding carboxylic acids is 2. The molecule has 0 heterocycles. The minimum Gasteiger partial charge on any atom is -0.449 e. The first-order valence-corrected chi connectivity index (χ1v) is 7.75. The third kappa shape index (κ3) is 7.17. The van der Waals surface area contributed by atoms with E-state index in [-0.39, 0.29) is 5.56 Å². The highest BCUT2D eigenvalue weighted by atomic mass is 35.5. The average Bonchev–Trinajstić information content (AvgIpc) is 2.43. The lowest BCUT2D eigenvalue weighted by Gasteiger charge is -2.22. The van der Waals surface area contributed by atoms with Crippen molar-refractivity contribution < 1.29 is 27.5 Å². The standard InChI is InChI=1S/C17H19ClF3NO3/c1-10(15(24)22-16(2,3)4)25-14(23)8-6-11-5-7-13(18)12(9-11)17(19,20)21/h5-10H,1-4H3,(H,22,24)/b8-6+/t10-/m1/s1. The van der Waals surface area contributed by atoms with E-state index in [0.29, 0.717) is 0 Å². The second-order valence-electron chi connectivity index (χ2n) is 6.39. The van der Waals surface area contributed by atoms with Gasteiger partial charge < -0.3 is 10.1 Å². The van der Waals surface area contributed by atoms with Gasteiger partial charge in [0.1, 0.15) is 0 Å². The van der Waals surface area contributed by atoms with Gasteiger partial charge in [-0.15, -0.1) is 0 Å². The molecule has 25 heavy (non-hydrogen) atoms. The first-order valence-electron chi connectivity index (χ1n) is 7.37. The van der Waals surface area contributed by atoms with E-state index in [1.165, 1.54) is 13.0 Å². The van der Waals surface area contributed by atoms with Gasteiger partial charge in [-0.25, -0.2) is 4.79 Å². The van der Waals surface area contributed by atoms with Gasteiger partial charge in [0.05, 0.1) is 10.6 Å². The molecule has 0 bridgehead atoms. The molecule has 0 aromatic heterocycles. The Morgan fingerprint density at radius 3 is 2.36 bits per heavy atom. The molecule has 4 nitrogen and oxygen atoms in total. The molecule has 0 unspecified atom stereocenters. The van der Waals surface area contributed by atoms with Crippen molar-refractivity contribution in [3.8, 4) is 0 Å². The number of ether oxygens (including phenoxy) is 1. The van der Waals surface area contributed by atoms with Crippen molar-refractivity contribution in [2.24, 2.45) is 0 Å². The van der Waals surface area contributed by atoms with E-state index >= 15 is 0 Å². The smallest absolute Gasteiger partial charge is 0.417 e. The van der Waals surface area contributed by atoms with Crippen molar-refractivity contribution >= 4 is 29.6 Å². The minimum absolute atomic E-state index is 0.125. The number of benzene rings is 1. The van der Waals surface area contributed by atoms with Crippen molar-refractivity contribution in [1.29, 1.82) is 0 Å². The van der Waals surface area contributed by atoms with Crippen molar-refractivity contribution in [3.63, 3.8) is 0 Å². The Hall–Kier alpha value is -2.02. The summed E-state index contributed by atoms with van der Waals surface area (Å²) >= 11 is 5.52. The molecular formula is C17H19ClF3NO3. The fourth-order valence-electron chi connectivity index (χ4n) is 1.77. The zero-order valence-electron chi connectivity index (χ0n) is 14.2. The monoisotopic (exact) mass is 377 g/mol. The van der Waals surface area contributed by atoms with Gasteiger partial charge in [-0.3, -0.25) is 4.79 Å². The van der Waals surface area contributed by atoms with Gasteiger partial charge >= 0.3 is 12.1 Å². The second-order valence-corrected chi connectivity index (χ2v) is 6.80. The molecule has 1 N–H and O–H groups in total. The number of rotatable bonds is 4. The molecule has 138 valence electrons. The van der Waals surface area contributed by atoms with Crippen LogP contribution in [0, 0.1) is 0 Å². The zero-order valence-corrected chi connectivity index (χ0v) is 15.0. The maximum Gasteiger partial charge on any atom is 0.417 e. The maximum absolute atomic E-state index is 12.8. The molecule has 8 heteroatoms. The van der Waals surface area contributed by atoms with Crippen LogP contribution in [0.3, 0.4) is 0 Å². The summed E-state index contributed by atoms with van der Waals surface area (Å²) in [6.07, 6.45) is -3.53. The Kier molecular flexibility index (Phi) is 6.65. The lowest BCUT2D eigenvalue weighted by Crippen LogP contribution is -2.46. The number of carbonyl (C=O) groups is 2. The molecule has 0 saturated heterocycles. The summed E-state index contributed by atoms with van der Waals surface area (Å²) in [6.45, 7) is 6.73. The predicted octanol–water partition coefficient (Wildman–Crippen LogP) is 4.22. The normalized spacial score (nSPS) is 13.6. The molecule has 1 atom stereocenters. The fraction of sp³-hybridized carbons (Fsp3) is 0.412. The van der Waals surface area contributed by atoms with Crippen molar-refractivity contribution in [2.45, 2.75) is 45.5 Å². The molecule has 1 amide bonds. The highest BCUT2D eigenvalue weighted by Crippen LogP contribution is 2.35. The summed E-state index contributed by atoms with van der Waals surface area (Å²) in [5.41, 5.74) is -1.35. The third-order valence-corrected chi connectivity index (χ3v) is 3.20. The SMILES string of the molecule is C[C@@H](OC(=O)/C=C/c1ccc(Cl)c(C(F)(F)F)c1)C(=O)NC(C)(C)C. The molecule has 1 aromatic carbocycles. The maximum atomic E-state index is 12.8. The van der Waals surface area contributed by atoms with Gasteiger partial charge in [0.2, 0.25) is 0 Å². The molecule has 0 saturated carbocycles. The summed E-state index contributed by atoms with van der Waals surface area (Å²) in [5.74, 6) is -1.32. The average molecular weight is 378 g/mol. The molecule has 1 rings (SSSR count). The Balaban J connectivity index is 2.76. The summed E-state index contributed by atoms with van der Waals surface area (Å²) in [5, 5.41) is 2.22. The Labute approximate surface area is 149 Å². The molecule has 0 radical (unpaired) electrons. The first-order chi connectivity index (χ1) is 11.3. The Bertz CT molecular complexity index is 679. The Morgan fingerprint density at radius 2 is 1.84 bits per heavy atom. The largest absolute Gasteiger partial charge is 0.449 e. The van der Waals surface area contributed by atoms with Crippen LogP contribution in [-0.2, 0) is 20.5 Å². The van der Waals surface area contributed by atoms with E-state index in [9.17, 15) is 22.8 Å². The number of nitrogens with one attached hydrogen (secondary N) is 1. The van der Waals surface area contributed by atoms with E-state index in [2.05, 4.69) is 5.32 Å². The summed E-state index contributed by atoms with van der Waals surface area (Å²) in [4.78, 5) is 23.5. The van der Waals surface area contributed by atoms with Crippen LogP contribution in [0.2, 0.25) is 5.02 Å². The van der Waals surface area contributed by atoms with Gasteiger partial charge in [-0.05, 0) is 51.5 Å². The summed E-state index contributed by atoms with van der Waals surface area (Å²) < 4.78 is 43.3. The Morgan fingerprint density at radius 1 is 1.24 bits per heavy atom. The highest BCUT2D eigenvalue weighted by Gasteiger charge is 2.33. The van der Waals surface area contributed by atoms with E-state index < -0.39 is 40.3 Å². The molecule has 1 aromatic rings. The quantitative estimate of drug-likeness (QED) is 0.631. The van der Waals surface area contributed by atoms with E-state index in [0.717, 1.165) is 24.3 Å². The van der Waals surface area contributed by atoms with Crippen molar-refractivity contribution in [1.82, 2.24) is 5.32 Å². The highest BCUT2D eigenvalue weighted by molar-refractivity contribution is 6.31. The molecule has 0 spiro atoms. The van der Waals surface area contributed by atoms with Gasteiger partial charge in [0, 0.05) is 11.6 Å². The zero-order chi connectivity index (χ0) is 19.4. The molecule has 0 aliphatic heterocycles. The number of halogens is 4. The van der Waals surface area contributed by atoms with E-state index in [1.807, 2.05) is 0 Å². The van der Waals surface area contributed by atoms with Gasteiger partial charge in [0.25, 0.3) is 5.91 Å². The van der Waals surface area contributed by atoms with Gasteiger partial charge in [0.15, 0.2) is 6.10 Å². The van der Waals surface area contributed by atoms with Crippen LogP contribution < -0.4 is 5.32 Å². The number of amides is 1. The number of hydrogen-bond acceptors (Lipinski definition) is 3. The third-order valence-electron chi connectivity index (χ3n) is 2.87. The van der Waals surface area contributed by atoms with Gasteiger partial charge in [-0.2, -0.15) is 13.2 Å². The number of alkyl halides is 3. The lowest BCUT2D eigenvalue weighted by molar-refractivity contribution is -0.150. The molecule has 0 fully saturated rings. The fourth-order valence-corrected chi connectivity index (χ4v) is 1.99. The van der Waals surface area contributed by atoms with Crippen LogP contribution in [0.15, 0.2) is 24.3 Å². The van der Waals surface area contributed by atoms with Crippen molar-refractivity contribution in [3.05, 3.63) is 40.4 Å². The van der Waals surface area contributed by atoms with Crippen LogP contribution in [0.1, 0.15) is 38.8 Å². The molecule has 0 aliphatic rings. The van der Waals surface area contributed by atoms with E-state index in [1.54, 1.807) is 20.8 Å². The lowest BCUT2D eigenvalue weighted by atomic mass is 10.1. The van der Waals surface area contributed by atoms with Crippen LogP contribution >= 0.6 is 11.6 Å². The molecule has 0 aliphatic carbocycles. The predicted molar refractivity (Wildman–Crippen MR) is 88.9 cm³/mol. The van der Waals surface area contributed by atoms with Crippen LogP contribution in [0.4, 0.5) is 13.2 Å². The van der Waals surface area contributed by atoms with E-state index in [4.69, 9.17) is 16.3 Å². The van der Waals surface area contributed by atoms with Crippen LogP contribution in [0.25, 0.3) is 6.08 Å². The van der Waals surface area contributed by atoms with Crippen LogP contribution in [-0.4, -0.2) is 23.5 Å². The second kappa shape index (κ2) is 7.91. The van der Waals surface area contributed by atoms with Crippen molar-refractivity contribution in [2.75, 3.05) is 0 Å². The van der Waals surface area contributed by atoms with Gasteiger partial charge in [-0.1, -0.05) is 17.7 Å². The number of esters is 1. The minimum atomic E-state index is -4.60. The van der Waals surface area contributed by atoms with Crippen LogP contribution in [0.5, 0.6) is 0 Å². The topological polar surface area (TPSA) is 55.4 Å². The first kappa shape index (κ1) is 21.0. The number of hydrogen-bond donors (Lipinski definition) is 1. The molecular weight excluding hydrogens is 359 g/mol.